The van der Waals surface area contributed by atoms with Crippen molar-refractivity contribution in [1.82, 2.24) is 0 Å². The van der Waals surface area contributed by atoms with Crippen LogP contribution in [0.2, 0.25) is 0 Å². The molecule has 0 aliphatic carbocycles. The summed E-state index contributed by atoms with van der Waals surface area (Å²) in [6.45, 7) is 0.697. The van der Waals surface area contributed by atoms with Crippen LogP contribution >= 0.6 is 0 Å². The predicted octanol–water partition coefficient (Wildman–Crippen LogP) is 3.21. The number of hydrogen-bond acceptors (Lipinski definition) is 2. The van der Waals surface area contributed by atoms with Crippen molar-refractivity contribution in [1.29, 1.82) is 0 Å². The lowest BCUT2D eigenvalue weighted by molar-refractivity contribution is 0.112. The van der Waals surface area contributed by atoms with Gasteiger partial charge in [-0.2, -0.15) is 0 Å². The molecule has 0 unspecified atom stereocenters. The number of carbonyl (C=O) groups is 1. The Hall–Kier alpha value is -2.44. The maximum atomic E-state index is 13.1. The van der Waals surface area contributed by atoms with Gasteiger partial charge in [0.1, 0.15) is 12.4 Å². The van der Waals surface area contributed by atoms with Gasteiger partial charge in [0.05, 0.1) is 6.61 Å². The van der Waals surface area contributed by atoms with Crippen molar-refractivity contribution in [2.45, 2.75) is 6.61 Å². The molecule has 0 atom stereocenters. The SMILES string of the molecule is O=Cc1ccc(F)cc1C#CCOCc1ccccc1. The zero-order valence-electron chi connectivity index (χ0n) is 10.8. The average Bonchev–Trinajstić information content (AvgIpc) is 2.48. The first-order valence-corrected chi connectivity index (χ1v) is 6.15. The quantitative estimate of drug-likeness (QED) is 0.483. The molecule has 0 fully saturated rings. The Morgan fingerprint density at radius 1 is 1.15 bits per heavy atom. The third kappa shape index (κ3) is 4.04. The normalized spacial score (nSPS) is 9.65. The fourth-order valence-corrected chi connectivity index (χ4v) is 1.66. The van der Waals surface area contributed by atoms with E-state index in [9.17, 15) is 9.18 Å². The molecule has 0 bridgehead atoms. The van der Waals surface area contributed by atoms with Crippen LogP contribution in [0.25, 0.3) is 0 Å². The molecule has 3 heteroatoms. The zero-order valence-corrected chi connectivity index (χ0v) is 10.8. The first kappa shape index (κ1) is 14.0. The summed E-state index contributed by atoms with van der Waals surface area (Å²) in [7, 11) is 0. The van der Waals surface area contributed by atoms with Gasteiger partial charge >= 0.3 is 0 Å². The summed E-state index contributed by atoms with van der Waals surface area (Å²) in [5, 5.41) is 0. The van der Waals surface area contributed by atoms with Gasteiger partial charge in [-0.25, -0.2) is 4.39 Å². The van der Waals surface area contributed by atoms with Gasteiger partial charge in [-0.1, -0.05) is 42.2 Å². The van der Waals surface area contributed by atoms with E-state index in [1.807, 2.05) is 30.3 Å². The molecular weight excluding hydrogens is 255 g/mol. The van der Waals surface area contributed by atoms with E-state index in [-0.39, 0.29) is 6.61 Å². The smallest absolute Gasteiger partial charge is 0.151 e. The van der Waals surface area contributed by atoms with Gasteiger partial charge in [0.2, 0.25) is 0 Å². The molecule has 100 valence electrons. The van der Waals surface area contributed by atoms with Gasteiger partial charge in [0.15, 0.2) is 6.29 Å². The van der Waals surface area contributed by atoms with Gasteiger partial charge < -0.3 is 4.74 Å². The third-order valence-corrected chi connectivity index (χ3v) is 2.65. The van der Waals surface area contributed by atoms with Crippen LogP contribution < -0.4 is 0 Å². The Morgan fingerprint density at radius 3 is 2.70 bits per heavy atom. The highest BCUT2D eigenvalue weighted by Gasteiger charge is 1.99. The first-order chi connectivity index (χ1) is 9.79. The van der Waals surface area contributed by atoms with Crippen molar-refractivity contribution >= 4 is 6.29 Å². The summed E-state index contributed by atoms with van der Waals surface area (Å²) in [5.74, 6) is 5.11. The predicted molar refractivity (Wildman–Crippen MR) is 74.8 cm³/mol. The van der Waals surface area contributed by atoms with Gasteiger partial charge in [0, 0.05) is 11.1 Å². The minimum atomic E-state index is -0.412. The highest BCUT2D eigenvalue weighted by molar-refractivity contribution is 5.79. The van der Waals surface area contributed by atoms with E-state index in [2.05, 4.69) is 11.8 Å². The van der Waals surface area contributed by atoms with Crippen molar-refractivity contribution in [3.05, 3.63) is 71.0 Å². The van der Waals surface area contributed by atoms with Crippen LogP contribution in [0.4, 0.5) is 4.39 Å². The summed E-state index contributed by atoms with van der Waals surface area (Å²) >= 11 is 0. The van der Waals surface area contributed by atoms with E-state index in [1.54, 1.807) is 0 Å². The second-order valence-electron chi connectivity index (χ2n) is 4.13. The molecule has 0 radical (unpaired) electrons. The topological polar surface area (TPSA) is 26.3 Å². The van der Waals surface area contributed by atoms with Crippen molar-refractivity contribution in [2.24, 2.45) is 0 Å². The fourth-order valence-electron chi connectivity index (χ4n) is 1.66. The summed E-state index contributed by atoms with van der Waals surface area (Å²) in [4.78, 5) is 10.8. The summed E-state index contributed by atoms with van der Waals surface area (Å²) < 4.78 is 18.5. The van der Waals surface area contributed by atoms with Crippen molar-refractivity contribution < 1.29 is 13.9 Å². The van der Waals surface area contributed by atoms with Crippen molar-refractivity contribution in [3.8, 4) is 11.8 Å². The molecular formula is C17H13FO2. The molecule has 0 saturated heterocycles. The number of benzene rings is 2. The molecule has 0 amide bonds. The van der Waals surface area contributed by atoms with Gasteiger partial charge in [-0.3, -0.25) is 4.79 Å². The third-order valence-electron chi connectivity index (χ3n) is 2.65. The molecule has 2 aromatic rings. The highest BCUT2D eigenvalue weighted by atomic mass is 19.1. The second kappa shape index (κ2) is 7.22. The van der Waals surface area contributed by atoms with Crippen LogP contribution in [0.5, 0.6) is 0 Å². The van der Waals surface area contributed by atoms with E-state index in [0.717, 1.165) is 5.56 Å². The minimum absolute atomic E-state index is 0.226. The molecule has 2 aromatic carbocycles. The van der Waals surface area contributed by atoms with Crippen LogP contribution in [-0.2, 0) is 11.3 Å². The largest absolute Gasteiger partial charge is 0.364 e. The van der Waals surface area contributed by atoms with E-state index < -0.39 is 5.82 Å². The lowest BCUT2D eigenvalue weighted by Crippen LogP contribution is -1.93. The lowest BCUT2D eigenvalue weighted by atomic mass is 10.1. The molecule has 0 N–H and O–H groups in total. The molecule has 0 spiro atoms. The van der Waals surface area contributed by atoms with E-state index in [1.165, 1.54) is 18.2 Å². The monoisotopic (exact) mass is 268 g/mol. The van der Waals surface area contributed by atoms with E-state index >= 15 is 0 Å². The van der Waals surface area contributed by atoms with Gasteiger partial charge in [0.25, 0.3) is 0 Å². The van der Waals surface area contributed by atoms with Crippen LogP contribution in [-0.4, -0.2) is 12.9 Å². The Balaban J connectivity index is 1.92. The second-order valence-corrected chi connectivity index (χ2v) is 4.13. The van der Waals surface area contributed by atoms with Crippen LogP contribution in [0.3, 0.4) is 0 Å². The van der Waals surface area contributed by atoms with Crippen LogP contribution in [0.15, 0.2) is 48.5 Å². The molecule has 0 aliphatic rings. The van der Waals surface area contributed by atoms with Crippen molar-refractivity contribution in [3.63, 3.8) is 0 Å². The Morgan fingerprint density at radius 2 is 1.95 bits per heavy atom. The number of hydrogen-bond donors (Lipinski definition) is 0. The number of aldehydes is 1. The number of rotatable bonds is 4. The summed E-state index contributed by atoms with van der Waals surface area (Å²) in [5.41, 5.74) is 1.82. The molecule has 2 rings (SSSR count). The Bertz CT molecular complexity index is 639. The summed E-state index contributed by atoms with van der Waals surface area (Å²) in [6.07, 6.45) is 0.661. The Kier molecular flexibility index (Phi) is 5.05. The Labute approximate surface area is 117 Å². The molecule has 0 aliphatic heterocycles. The highest BCUT2D eigenvalue weighted by Crippen LogP contribution is 2.08. The van der Waals surface area contributed by atoms with Crippen molar-refractivity contribution in [2.75, 3.05) is 6.61 Å². The lowest BCUT2D eigenvalue weighted by Gasteiger charge is -1.99. The molecule has 0 aromatic heterocycles. The minimum Gasteiger partial charge on any atom is -0.364 e. The van der Waals surface area contributed by atoms with Gasteiger partial charge in [-0.05, 0) is 23.8 Å². The molecule has 2 nitrogen and oxygen atoms in total. The van der Waals surface area contributed by atoms with Crippen LogP contribution in [0, 0.1) is 17.7 Å². The molecule has 20 heavy (non-hydrogen) atoms. The number of halogens is 1. The maximum absolute atomic E-state index is 13.1. The maximum Gasteiger partial charge on any atom is 0.151 e. The average molecular weight is 268 g/mol. The first-order valence-electron chi connectivity index (χ1n) is 6.15. The number of carbonyl (C=O) groups excluding carboxylic acids is 1. The summed E-state index contributed by atoms with van der Waals surface area (Å²) in [6, 6.07) is 13.6. The number of ether oxygens (including phenoxy) is 1. The molecule has 0 heterocycles. The zero-order chi connectivity index (χ0) is 14.2. The van der Waals surface area contributed by atoms with E-state index in [4.69, 9.17) is 4.74 Å². The van der Waals surface area contributed by atoms with Gasteiger partial charge in [-0.15, -0.1) is 0 Å². The van der Waals surface area contributed by atoms with E-state index in [0.29, 0.717) is 24.0 Å². The molecule has 0 saturated carbocycles. The fraction of sp³-hybridized carbons (Fsp3) is 0.118. The van der Waals surface area contributed by atoms with Crippen LogP contribution in [0.1, 0.15) is 21.5 Å². The standard InChI is InChI=1S/C17H13FO2/c18-17-9-8-16(12-19)15(11-17)7-4-10-20-13-14-5-2-1-3-6-14/h1-3,5-6,8-9,11-12H,10,13H2.